The van der Waals surface area contributed by atoms with Gasteiger partial charge in [-0.25, -0.2) is 10.2 Å². The smallest absolute Gasteiger partial charge is 0.349 e. The second-order valence-corrected chi connectivity index (χ2v) is 3.96. The van der Waals surface area contributed by atoms with Gasteiger partial charge in [-0.1, -0.05) is 13.8 Å². The van der Waals surface area contributed by atoms with Gasteiger partial charge in [0.15, 0.2) is 11.4 Å². The normalized spacial score (nSPS) is 12.8. The molecular formula is C12H21N3O5. The Kier molecular flexibility index (Phi) is 7.80. The Morgan fingerprint density at radius 2 is 1.80 bits per heavy atom. The molecule has 0 unspecified atom stereocenters. The molecule has 0 aromatic rings. The molecule has 0 aliphatic heterocycles. The van der Waals surface area contributed by atoms with Crippen LogP contribution in [0.15, 0.2) is 16.6 Å². The number of hydrazone groups is 1. The van der Waals surface area contributed by atoms with Crippen LogP contribution in [0.2, 0.25) is 0 Å². The first kappa shape index (κ1) is 17.8. The van der Waals surface area contributed by atoms with Crippen molar-refractivity contribution in [2.24, 2.45) is 16.8 Å². The van der Waals surface area contributed by atoms with Crippen molar-refractivity contribution in [2.75, 3.05) is 13.2 Å². The van der Waals surface area contributed by atoms with Crippen LogP contribution >= 0.6 is 0 Å². The number of aliphatic hydroxyl groups excluding tert-OH is 1. The lowest BCUT2D eigenvalue weighted by molar-refractivity contribution is -0.138. The summed E-state index contributed by atoms with van der Waals surface area (Å²) in [6.07, 6.45) is 0. The third-order valence-corrected chi connectivity index (χ3v) is 2.04. The van der Waals surface area contributed by atoms with Crippen LogP contribution in [0, 0.1) is 5.92 Å². The maximum atomic E-state index is 11.7. The van der Waals surface area contributed by atoms with Gasteiger partial charge in [-0.15, -0.1) is 0 Å². The molecule has 8 heteroatoms. The molecule has 1 amide bonds. The number of amidine groups is 1. The standard InChI is InChI=1S/C12H21N3O5/c1-5-19-11(17)8(12(18)20-6-2)9(13)14-15-10(16)7(3)4/h7,17H,5-6H2,1-4H3,(H2,13,14)(H,15,16)/b11-8+. The lowest BCUT2D eigenvalue weighted by Gasteiger charge is -2.10. The lowest BCUT2D eigenvalue weighted by Crippen LogP contribution is -2.31. The van der Waals surface area contributed by atoms with E-state index in [1.54, 1.807) is 27.7 Å². The van der Waals surface area contributed by atoms with Crippen LogP contribution in [0.1, 0.15) is 27.7 Å². The van der Waals surface area contributed by atoms with Crippen molar-refractivity contribution >= 4 is 17.7 Å². The fourth-order valence-electron chi connectivity index (χ4n) is 1.01. The van der Waals surface area contributed by atoms with Gasteiger partial charge in [-0.2, -0.15) is 5.10 Å². The number of esters is 1. The van der Waals surface area contributed by atoms with Crippen molar-refractivity contribution in [2.45, 2.75) is 27.7 Å². The molecule has 0 bridgehead atoms. The van der Waals surface area contributed by atoms with E-state index >= 15 is 0 Å². The summed E-state index contributed by atoms with van der Waals surface area (Å²) in [6, 6.07) is 0. The molecule has 0 aromatic heterocycles. The molecule has 20 heavy (non-hydrogen) atoms. The Labute approximate surface area is 117 Å². The summed E-state index contributed by atoms with van der Waals surface area (Å²) in [5.41, 5.74) is 7.30. The summed E-state index contributed by atoms with van der Waals surface area (Å²) >= 11 is 0. The second kappa shape index (κ2) is 8.78. The van der Waals surface area contributed by atoms with E-state index in [2.05, 4.69) is 10.5 Å². The van der Waals surface area contributed by atoms with Gasteiger partial charge in [0.2, 0.25) is 5.91 Å². The third kappa shape index (κ3) is 5.59. The molecule has 0 aromatic carbocycles. The molecular weight excluding hydrogens is 266 g/mol. The minimum absolute atomic E-state index is 0.0906. The van der Waals surface area contributed by atoms with Crippen molar-refractivity contribution < 1.29 is 24.2 Å². The number of nitrogens with one attached hydrogen (secondary N) is 1. The van der Waals surface area contributed by atoms with Gasteiger partial charge in [0.05, 0.1) is 13.2 Å². The largest absolute Gasteiger partial charge is 0.480 e. The molecule has 0 saturated carbocycles. The zero-order valence-electron chi connectivity index (χ0n) is 12.1. The summed E-state index contributed by atoms with van der Waals surface area (Å²) < 4.78 is 9.54. The predicted molar refractivity (Wildman–Crippen MR) is 72.5 cm³/mol. The highest BCUT2D eigenvalue weighted by molar-refractivity contribution is 6.18. The Hall–Kier alpha value is -2.25. The monoisotopic (exact) mass is 287 g/mol. The lowest BCUT2D eigenvalue weighted by atomic mass is 10.2. The van der Waals surface area contributed by atoms with Gasteiger partial charge in [-0.3, -0.25) is 4.79 Å². The van der Waals surface area contributed by atoms with E-state index in [4.69, 9.17) is 15.2 Å². The fourth-order valence-corrected chi connectivity index (χ4v) is 1.01. The number of amides is 1. The molecule has 0 saturated heterocycles. The summed E-state index contributed by atoms with van der Waals surface area (Å²) in [6.45, 7) is 6.77. The molecule has 4 N–H and O–H groups in total. The average Bonchev–Trinajstić information content (AvgIpc) is 2.36. The highest BCUT2D eigenvalue weighted by atomic mass is 16.6. The van der Waals surface area contributed by atoms with Crippen molar-refractivity contribution in [1.82, 2.24) is 5.43 Å². The zero-order chi connectivity index (χ0) is 15.7. The maximum Gasteiger partial charge on any atom is 0.349 e. The number of rotatable bonds is 7. The van der Waals surface area contributed by atoms with Gasteiger partial charge in [0.1, 0.15) is 0 Å². The topological polar surface area (TPSA) is 123 Å². The van der Waals surface area contributed by atoms with Crippen LogP contribution in [0.4, 0.5) is 0 Å². The fraction of sp³-hybridized carbons (Fsp3) is 0.583. The number of carbonyl (C=O) groups is 2. The first-order valence-corrected chi connectivity index (χ1v) is 6.21. The number of carbonyl (C=O) groups excluding carboxylic acids is 2. The van der Waals surface area contributed by atoms with Gasteiger partial charge in [0.25, 0.3) is 5.95 Å². The van der Waals surface area contributed by atoms with Crippen molar-refractivity contribution in [1.29, 1.82) is 0 Å². The number of nitrogens with zero attached hydrogens (tertiary/aromatic N) is 1. The Morgan fingerprint density at radius 3 is 2.25 bits per heavy atom. The maximum absolute atomic E-state index is 11.7. The second-order valence-electron chi connectivity index (χ2n) is 3.96. The highest BCUT2D eigenvalue weighted by Crippen LogP contribution is 2.06. The molecule has 0 aliphatic rings. The van der Waals surface area contributed by atoms with E-state index < -0.39 is 23.3 Å². The van der Waals surface area contributed by atoms with Crippen molar-refractivity contribution in [3.8, 4) is 0 Å². The van der Waals surface area contributed by atoms with Crippen LogP contribution < -0.4 is 11.2 Å². The van der Waals surface area contributed by atoms with Crippen LogP contribution in [0.25, 0.3) is 0 Å². The third-order valence-electron chi connectivity index (χ3n) is 2.04. The van der Waals surface area contributed by atoms with Crippen LogP contribution in [-0.2, 0) is 19.1 Å². The number of ether oxygens (including phenoxy) is 2. The first-order valence-electron chi connectivity index (χ1n) is 6.21. The van der Waals surface area contributed by atoms with Crippen LogP contribution in [0.5, 0.6) is 0 Å². The summed E-state index contributed by atoms with van der Waals surface area (Å²) in [4.78, 5) is 23.0. The molecule has 8 nitrogen and oxygen atoms in total. The van der Waals surface area contributed by atoms with Crippen LogP contribution in [-0.4, -0.2) is 36.0 Å². The summed E-state index contributed by atoms with van der Waals surface area (Å²) in [5.74, 6) is -2.68. The number of nitrogens with two attached hydrogens (primary N) is 1. The molecule has 0 rings (SSSR count). The molecule has 0 atom stereocenters. The van der Waals surface area contributed by atoms with Gasteiger partial charge < -0.3 is 20.3 Å². The van der Waals surface area contributed by atoms with E-state index in [1.807, 2.05) is 0 Å². The molecule has 0 fully saturated rings. The van der Waals surface area contributed by atoms with E-state index in [-0.39, 0.29) is 25.0 Å². The van der Waals surface area contributed by atoms with Gasteiger partial charge in [-0.05, 0) is 13.8 Å². The van der Waals surface area contributed by atoms with E-state index in [0.717, 1.165) is 0 Å². The first-order chi connectivity index (χ1) is 9.34. The minimum Gasteiger partial charge on any atom is -0.480 e. The van der Waals surface area contributed by atoms with Gasteiger partial charge in [0, 0.05) is 5.92 Å². The summed E-state index contributed by atoms with van der Waals surface area (Å²) in [5, 5.41) is 13.2. The Balaban J connectivity index is 5.22. The Morgan fingerprint density at radius 1 is 1.25 bits per heavy atom. The number of aliphatic hydroxyl groups is 1. The van der Waals surface area contributed by atoms with E-state index in [9.17, 15) is 14.7 Å². The summed E-state index contributed by atoms with van der Waals surface area (Å²) in [7, 11) is 0. The molecule has 0 heterocycles. The number of hydrogen-bond donors (Lipinski definition) is 3. The molecule has 114 valence electrons. The highest BCUT2D eigenvalue weighted by Gasteiger charge is 2.23. The van der Waals surface area contributed by atoms with Crippen molar-refractivity contribution in [3.05, 3.63) is 11.5 Å². The average molecular weight is 287 g/mol. The van der Waals surface area contributed by atoms with Crippen molar-refractivity contribution in [3.63, 3.8) is 0 Å². The molecule has 0 radical (unpaired) electrons. The predicted octanol–water partition coefficient (Wildman–Crippen LogP) is 0.400. The van der Waals surface area contributed by atoms with Gasteiger partial charge >= 0.3 is 5.97 Å². The zero-order valence-corrected chi connectivity index (χ0v) is 12.1. The van der Waals surface area contributed by atoms with E-state index in [1.165, 1.54) is 0 Å². The Bertz CT molecular complexity index is 415. The SMILES string of the molecule is CCOC(=O)C(/C(N)=N/NC(=O)C(C)C)=C(\O)OCC. The quantitative estimate of drug-likeness (QED) is 0.155. The minimum atomic E-state index is -0.890. The number of hydrogen-bond acceptors (Lipinski definition) is 6. The molecule has 0 spiro atoms. The molecule has 0 aliphatic carbocycles. The van der Waals surface area contributed by atoms with Crippen LogP contribution in [0.3, 0.4) is 0 Å². The van der Waals surface area contributed by atoms with E-state index in [0.29, 0.717) is 0 Å².